The Kier molecular flexibility index (Phi) is 4.84. The Morgan fingerprint density at radius 3 is 2.58 bits per heavy atom. The van der Waals surface area contributed by atoms with E-state index < -0.39 is 5.91 Å². The quantitative estimate of drug-likeness (QED) is 0.743. The van der Waals surface area contributed by atoms with Gasteiger partial charge >= 0.3 is 0 Å². The number of carbonyl (C=O) groups excluding carboxylic acids is 2. The standard InChI is InChI=1S/C20H20N4O2/c1-13-4-3-5-15(8-13)9-19(25)23-17-10-16(20(21)26)6-7-18(17)24-12-14(2)11-22-24/h3-8,10-12H,9H2,1-2H3,(H2,21,26)(H,23,25). The number of aromatic nitrogens is 2. The van der Waals surface area contributed by atoms with E-state index >= 15 is 0 Å². The Labute approximate surface area is 151 Å². The first kappa shape index (κ1) is 17.4. The first-order valence-corrected chi connectivity index (χ1v) is 8.23. The second-order valence-electron chi connectivity index (χ2n) is 6.27. The molecular formula is C20H20N4O2. The summed E-state index contributed by atoms with van der Waals surface area (Å²) >= 11 is 0. The number of hydrogen-bond donors (Lipinski definition) is 2. The summed E-state index contributed by atoms with van der Waals surface area (Å²) in [7, 11) is 0. The Balaban J connectivity index is 1.90. The molecule has 3 rings (SSSR count). The number of aryl methyl sites for hydroxylation is 2. The normalized spacial score (nSPS) is 10.5. The van der Waals surface area contributed by atoms with E-state index in [9.17, 15) is 9.59 Å². The Morgan fingerprint density at radius 1 is 1.12 bits per heavy atom. The van der Waals surface area contributed by atoms with E-state index in [0.29, 0.717) is 16.9 Å². The summed E-state index contributed by atoms with van der Waals surface area (Å²) in [5.74, 6) is -0.732. The third kappa shape index (κ3) is 3.97. The van der Waals surface area contributed by atoms with Crippen LogP contribution in [0, 0.1) is 13.8 Å². The van der Waals surface area contributed by atoms with Crippen molar-refractivity contribution in [3.8, 4) is 5.69 Å². The Bertz CT molecular complexity index is 975. The van der Waals surface area contributed by atoms with Crippen molar-refractivity contribution in [2.24, 2.45) is 5.73 Å². The van der Waals surface area contributed by atoms with Crippen LogP contribution in [0.15, 0.2) is 54.9 Å². The molecule has 26 heavy (non-hydrogen) atoms. The Hall–Kier alpha value is -3.41. The van der Waals surface area contributed by atoms with Crippen LogP contribution in [-0.4, -0.2) is 21.6 Å². The second kappa shape index (κ2) is 7.23. The van der Waals surface area contributed by atoms with Gasteiger partial charge in [0.15, 0.2) is 0 Å². The molecule has 132 valence electrons. The van der Waals surface area contributed by atoms with E-state index in [1.807, 2.05) is 44.3 Å². The third-order valence-electron chi connectivity index (χ3n) is 3.96. The fraction of sp³-hybridized carbons (Fsp3) is 0.150. The molecule has 0 aliphatic rings. The van der Waals surface area contributed by atoms with Crippen LogP contribution in [0.25, 0.3) is 5.69 Å². The minimum atomic E-state index is -0.553. The van der Waals surface area contributed by atoms with Crippen LogP contribution in [0.3, 0.4) is 0 Å². The van der Waals surface area contributed by atoms with Gasteiger partial charge in [-0.2, -0.15) is 5.10 Å². The number of anilines is 1. The van der Waals surface area contributed by atoms with Gasteiger partial charge in [0.05, 0.1) is 24.0 Å². The van der Waals surface area contributed by atoms with Crippen LogP contribution < -0.4 is 11.1 Å². The molecule has 0 atom stereocenters. The zero-order chi connectivity index (χ0) is 18.7. The number of amides is 2. The second-order valence-corrected chi connectivity index (χ2v) is 6.27. The van der Waals surface area contributed by atoms with Crippen molar-refractivity contribution in [1.82, 2.24) is 9.78 Å². The number of nitrogens with two attached hydrogens (primary N) is 1. The number of rotatable bonds is 5. The topological polar surface area (TPSA) is 90.0 Å². The number of nitrogens with one attached hydrogen (secondary N) is 1. The van der Waals surface area contributed by atoms with Gasteiger partial charge < -0.3 is 11.1 Å². The van der Waals surface area contributed by atoms with Crippen LogP contribution in [-0.2, 0) is 11.2 Å². The lowest BCUT2D eigenvalue weighted by Gasteiger charge is -2.13. The minimum absolute atomic E-state index is 0.178. The summed E-state index contributed by atoms with van der Waals surface area (Å²) < 4.78 is 1.66. The lowest BCUT2D eigenvalue weighted by Crippen LogP contribution is -2.18. The highest BCUT2D eigenvalue weighted by atomic mass is 16.2. The largest absolute Gasteiger partial charge is 0.366 e. The summed E-state index contributed by atoms with van der Waals surface area (Å²) in [5, 5.41) is 7.15. The van der Waals surface area contributed by atoms with E-state index in [1.54, 1.807) is 29.1 Å². The first-order valence-electron chi connectivity index (χ1n) is 8.23. The minimum Gasteiger partial charge on any atom is -0.366 e. The maximum absolute atomic E-state index is 12.5. The molecule has 0 radical (unpaired) electrons. The zero-order valence-electron chi connectivity index (χ0n) is 14.7. The van der Waals surface area contributed by atoms with Crippen molar-refractivity contribution in [3.05, 3.63) is 77.1 Å². The molecule has 3 N–H and O–H groups in total. The van der Waals surface area contributed by atoms with Crippen LogP contribution in [0.5, 0.6) is 0 Å². The maximum Gasteiger partial charge on any atom is 0.248 e. The summed E-state index contributed by atoms with van der Waals surface area (Å²) in [5.41, 5.74) is 9.85. The van der Waals surface area contributed by atoms with E-state index in [0.717, 1.165) is 16.7 Å². The molecule has 0 fully saturated rings. The molecule has 0 aliphatic heterocycles. The molecule has 6 nitrogen and oxygen atoms in total. The van der Waals surface area contributed by atoms with Crippen LogP contribution in [0.2, 0.25) is 0 Å². The van der Waals surface area contributed by atoms with Crippen molar-refractivity contribution in [2.45, 2.75) is 20.3 Å². The van der Waals surface area contributed by atoms with Crippen molar-refractivity contribution in [3.63, 3.8) is 0 Å². The molecule has 2 aromatic carbocycles. The highest BCUT2D eigenvalue weighted by Gasteiger charge is 2.13. The van der Waals surface area contributed by atoms with Crippen molar-refractivity contribution in [2.75, 3.05) is 5.32 Å². The van der Waals surface area contributed by atoms with E-state index in [2.05, 4.69) is 10.4 Å². The predicted octanol–water partition coefficient (Wildman–Crippen LogP) is 2.77. The van der Waals surface area contributed by atoms with Gasteiger partial charge in [0.2, 0.25) is 11.8 Å². The highest BCUT2D eigenvalue weighted by Crippen LogP contribution is 2.22. The lowest BCUT2D eigenvalue weighted by molar-refractivity contribution is -0.115. The number of carbonyl (C=O) groups is 2. The molecule has 1 heterocycles. The number of primary amides is 1. The average molecular weight is 348 g/mol. The number of benzene rings is 2. The maximum atomic E-state index is 12.5. The van der Waals surface area contributed by atoms with Gasteiger partial charge in [0.25, 0.3) is 0 Å². The lowest BCUT2D eigenvalue weighted by atomic mass is 10.1. The first-order chi connectivity index (χ1) is 12.4. The molecular weight excluding hydrogens is 328 g/mol. The van der Waals surface area contributed by atoms with Gasteiger partial charge in [0, 0.05) is 11.8 Å². The van der Waals surface area contributed by atoms with Crippen LogP contribution in [0.1, 0.15) is 27.0 Å². The molecule has 3 aromatic rings. The summed E-state index contributed by atoms with van der Waals surface area (Å²) in [6.45, 7) is 3.91. The molecule has 0 unspecified atom stereocenters. The van der Waals surface area contributed by atoms with Gasteiger partial charge in [-0.25, -0.2) is 4.68 Å². The average Bonchev–Trinajstić information content (AvgIpc) is 3.01. The molecule has 2 amide bonds. The summed E-state index contributed by atoms with van der Waals surface area (Å²) in [6.07, 6.45) is 3.80. The van der Waals surface area contributed by atoms with Gasteiger partial charge in [-0.05, 0) is 43.2 Å². The van der Waals surface area contributed by atoms with Crippen molar-refractivity contribution >= 4 is 17.5 Å². The van der Waals surface area contributed by atoms with Gasteiger partial charge in [-0.1, -0.05) is 29.8 Å². The SMILES string of the molecule is Cc1cccc(CC(=O)Nc2cc(C(N)=O)ccc2-n2cc(C)cn2)c1. The smallest absolute Gasteiger partial charge is 0.248 e. The fourth-order valence-electron chi connectivity index (χ4n) is 2.74. The summed E-state index contributed by atoms with van der Waals surface area (Å²) in [4.78, 5) is 24.0. The van der Waals surface area contributed by atoms with Crippen molar-refractivity contribution in [1.29, 1.82) is 0 Å². The number of nitrogens with zero attached hydrogens (tertiary/aromatic N) is 2. The molecule has 0 bridgehead atoms. The monoisotopic (exact) mass is 348 g/mol. The molecule has 1 aromatic heterocycles. The van der Waals surface area contributed by atoms with E-state index in [4.69, 9.17) is 5.73 Å². The zero-order valence-corrected chi connectivity index (χ0v) is 14.7. The summed E-state index contributed by atoms with van der Waals surface area (Å²) in [6, 6.07) is 12.7. The highest BCUT2D eigenvalue weighted by molar-refractivity contribution is 5.98. The third-order valence-corrected chi connectivity index (χ3v) is 3.96. The fourth-order valence-corrected chi connectivity index (χ4v) is 2.74. The molecule has 0 spiro atoms. The Morgan fingerprint density at radius 2 is 1.92 bits per heavy atom. The van der Waals surface area contributed by atoms with Crippen LogP contribution >= 0.6 is 0 Å². The van der Waals surface area contributed by atoms with Gasteiger partial charge in [-0.15, -0.1) is 0 Å². The molecule has 6 heteroatoms. The molecule has 0 saturated heterocycles. The molecule has 0 saturated carbocycles. The van der Waals surface area contributed by atoms with Crippen LogP contribution in [0.4, 0.5) is 5.69 Å². The molecule has 0 aliphatic carbocycles. The van der Waals surface area contributed by atoms with Gasteiger partial charge in [0.1, 0.15) is 0 Å². The predicted molar refractivity (Wildman–Crippen MR) is 100 cm³/mol. The van der Waals surface area contributed by atoms with E-state index in [-0.39, 0.29) is 12.3 Å². The van der Waals surface area contributed by atoms with Gasteiger partial charge in [-0.3, -0.25) is 9.59 Å². The number of hydrogen-bond acceptors (Lipinski definition) is 3. The van der Waals surface area contributed by atoms with E-state index in [1.165, 1.54) is 0 Å². The van der Waals surface area contributed by atoms with Crippen molar-refractivity contribution < 1.29 is 9.59 Å².